The van der Waals surface area contributed by atoms with Gasteiger partial charge < -0.3 is 10.3 Å². The quantitative estimate of drug-likeness (QED) is 0.487. The van der Waals surface area contributed by atoms with E-state index in [1.807, 2.05) is 43.3 Å². The minimum absolute atomic E-state index is 0.113. The maximum atomic E-state index is 12.3. The number of aromatic nitrogens is 4. The van der Waals surface area contributed by atoms with Crippen molar-refractivity contribution in [2.45, 2.75) is 23.9 Å². The Morgan fingerprint density at radius 2 is 1.93 bits per heavy atom. The molecule has 0 fully saturated rings. The van der Waals surface area contributed by atoms with Crippen molar-refractivity contribution >= 4 is 44.8 Å². The fourth-order valence-corrected chi connectivity index (χ4v) is 4.27. The molecule has 0 atom stereocenters. The molecule has 6 nitrogen and oxygen atoms in total. The number of hydrogen-bond donors (Lipinski definition) is 2. The molecule has 0 radical (unpaired) electrons. The van der Waals surface area contributed by atoms with E-state index in [0.29, 0.717) is 17.0 Å². The zero-order valence-electron chi connectivity index (χ0n) is 14.8. The minimum Gasteiger partial charge on any atom is -0.330 e. The molecule has 0 aliphatic heterocycles. The molecule has 2 N–H and O–H groups in total. The lowest BCUT2D eigenvalue weighted by atomic mass is 10.1. The number of nitrogens with one attached hydrogen (secondary N) is 2. The van der Waals surface area contributed by atoms with Crippen molar-refractivity contribution in [1.82, 2.24) is 20.2 Å². The van der Waals surface area contributed by atoms with Gasteiger partial charge in [0.05, 0.1) is 16.7 Å². The summed E-state index contributed by atoms with van der Waals surface area (Å²) in [5.41, 5.74) is 3.81. The Bertz CT molecular complexity index is 1150. The molecular weight excluding hydrogens is 378 g/mol. The van der Waals surface area contributed by atoms with Gasteiger partial charge in [-0.25, -0.2) is 4.98 Å². The van der Waals surface area contributed by atoms with Crippen LogP contribution in [0, 0.1) is 13.8 Å². The molecular formula is C19H17N5OS2. The van der Waals surface area contributed by atoms with Crippen molar-refractivity contribution in [2.24, 2.45) is 0 Å². The third-order valence-electron chi connectivity index (χ3n) is 4.03. The molecule has 0 aliphatic carbocycles. The van der Waals surface area contributed by atoms with Gasteiger partial charge in [-0.1, -0.05) is 52.9 Å². The lowest BCUT2D eigenvalue weighted by molar-refractivity contribution is 1.00. The second kappa shape index (κ2) is 7.50. The zero-order chi connectivity index (χ0) is 18.8. The maximum Gasteiger partial charge on any atom is 0.258 e. The van der Waals surface area contributed by atoms with Crippen LogP contribution in [0.5, 0.6) is 0 Å². The number of nitrogens with zero attached hydrogens (tertiary/aromatic N) is 3. The summed E-state index contributed by atoms with van der Waals surface area (Å²) in [6.45, 7) is 4.01. The van der Waals surface area contributed by atoms with E-state index in [1.54, 1.807) is 6.07 Å². The molecule has 2 heterocycles. The number of thioether (sulfide) groups is 1. The van der Waals surface area contributed by atoms with Crippen molar-refractivity contribution in [3.63, 3.8) is 0 Å². The van der Waals surface area contributed by atoms with E-state index in [4.69, 9.17) is 0 Å². The first-order valence-corrected chi connectivity index (χ1v) is 10.2. The Morgan fingerprint density at radius 3 is 2.74 bits per heavy atom. The first kappa shape index (κ1) is 17.7. The van der Waals surface area contributed by atoms with Crippen LogP contribution in [0.3, 0.4) is 0 Å². The summed E-state index contributed by atoms with van der Waals surface area (Å²) in [5, 5.41) is 13.0. The molecule has 8 heteroatoms. The van der Waals surface area contributed by atoms with Gasteiger partial charge in [0.15, 0.2) is 4.34 Å². The predicted molar refractivity (Wildman–Crippen MR) is 111 cm³/mol. The van der Waals surface area contributed by atoms with E-state index < -0.39 is 0 Å². The summed E-state index contributed by atoms with van der Waals surface area (Å²) >= 11 is 2.97. The van der Waals surface area contributed by atoms with Crippen LogP contribution in [0.2, 0.25) is 0 Å². The van der Waals surface area contributed by atoms with Crippen molar-refractivity contribution in [3.8, 4) is 0 Å². The number of aryl methyl sites for hydroxylation is 2. The molecule has 4 rings (SSSR count). The van der Waals surface area contributed by atoms with Crippen LogP contribution in [0.25, 0.3) is 10.9 Å². The molecule has 2 aromatic carbocycles. The highest BCUT2D eigenvalue weighted by Gasteiger charge is 2.09. The van der Waals surface area contributed by atoms with Crippen LogP contribution in [-0.4, -0.2) is 20.2 Å². The number of para-hydroxylation sites is 1. The summed E-state index contributed by atoms with van der Waals surface area (Å²) in [6, 6.07) is 13.7. The molecule has 0 bridgehead atoms. The molecule has 0 unspecified atom stereocenters. The number of benzene rings is 2. The smallest absolute Gasteiger partial charge is 0.258 e. The number of rotatable bonds is 5. The number of anilines is 2. The number of aromatic amines is 1. The Morgan fingerprint density at radius 1 is 1.11 bits per heavy atom. The van der Waals surface area contributed by atoms with E-state index in [-0.39, 0.29) is 5.56 Å². The fraction of sp³-hybridized carbons (Fsp3) is 0.158. The van der Waals surface area contributed by atoms with Gasteiger partial charge in [-0.15, -0.1) is 10.2 Å². The summed E-state index contributed by atoms with van der Waals surface area (Å²) in [4.78, 5) is 19.7. The zero-order valence-corrected chi connectivity index (χ0v) is 16.4. The number of hydrogen-bond acceptors (Lipinski definition) is 7. The van der Waals surface area contributed by atoms with Crippen molar-refractivity contribution < 1.29 is 0 Å². The van der Waals surface area contributed by atoms with Crippen LogP contribution < -0.4 is 10.9 Å². The summed E-state index contributed by atoms with van der Waals surface area (Å²) in [6.07, 6.45) is 0. The molecule has 0 spiro atoms. The van der Waals surface area contributed by atoms with E-state index in [0.717, 1.165) is 26.2 Å². The Labute approximate surface area is 164 Å². The van der Waals surface area contributed by atoms with Gasteiger partial charge in [-0.05, 0) is 37.6 Å². The van der Waals surface area contributed by atoms with E-state index in [1.165, 1.54) is 28.7 Å². The van der Waals surface area contributed by atoms with Crippen LogP contribution in [0.1, 0.15) is 17.0 Å². The largest absolute Gasteiger partial charge is 0.330 e. The van der Waals surface area contributed by atoms with Crippen LogP contribution in [-0.2, 0) is 5.75 Å². The number of fused-ring (bicyclic) bond motifs is 1. The van der Waals surface area contributed by atoms with Gasteiger partial charge in [-0.3, -0.25) is 4.79 Å². The van der Waals surface area contributed by atoms with E-state index in [9.17, 15) is 4.79 Å². The molecule has 0 saturated carbocycles. The summed E-state index contributed by atoms with van der Waals surface area (Å²) in [7, 11) is 0. The third kappa shape index (κ3) is 4.01. The van der Waals surface area contributed by atoms with Crippen molar-refractivity contribution in [1.29, 1.82) is 0 Å². The van der Waals surface area contributed by atoms with Gasteiger partial charge in [-0.2, -0.15) is 0 Å². The van der Waals surface area contributed by atoms with Gasteiger partial charge >= 0.3 is 0 Å². The van der Waals surface area contributed by atoms with Gasteiger partial charge in [0.25, 0.3) is 5.56 Å². The lowest BCUT2D eigenvalue weighted by Crippen LogP contribution is -2.11. The lowest BCUT2D eigenvalue weighted by Gasteiger charge is -2.04. The molecule has 136 valence electrons. The molecule has 4 aromatic rings. The minimum atomic E-state index is -0.113. The number of H-pyrrole nitrogens is 1. The van der Waals surface area contributed by atoms with Crippen LogP contribution >= 0.6 is 23.1 Å². The van der Waals surface area contributed by atoms with Crippen molar-refractivity contribution in [3.05, 3.63) is 69.8 Å². The summed E-state index contributed by atoms with van der Waals surface area (Å²) < 4.78 is 0.817. The molecule has 2 aromatic heterocycles. The van der Waals surface area contributed by atoms with Crippen LogP contribution in [0.4, 0.5) is 10.8 Å². The second-order valence-corrected chi connectivity index (χ2v) is 8.34. The van der Waals surface area contributed by atoms with E-state index >= 15 is 0 Å². The van der Waals surface area contributed by atoms with Gasteiger partial charge in [0.1, 0.15) is 5.82 Å². The predicted octanol–water partition coefficient (Wildman–Crippen LogP) is 4.43. The van der Waals surface area contributed by atoms with Gasteiger partial charge in [0.2, 0.25) is 5.13 Å². The third-order valence-corrected chi connectivity index (χ3v) is 6.01. The van der Waals surface area contributed by atoms with Gasteiger partial charge in [0, 0.05) is 5.69 Å². The normalized spacial score (nSPS) is 11.0. The fourth-order valence-electron chi connectivity index (χ4n) is 2.63. The standard InChI is InChI=1S/C19H17N5OS2/c1-11-6-8-13(9-7-11)20-18-23-24-19(27-18)26-10-15-21-16-12(2)4-3-5-14(16)17(25)22-15/h3-9H,10H2,1-2H3,(H,20,23)(H,21,22,25). The first-order valence-electron chi connectivity index (χ1n) is 8.37. The highest BCUT2D eigenvalue weighted by Crippen LogP contribution is 2.29. The Balaban J connectivity index is 1.47. The average Bonchev–Trinajstić information content (AvgIpc) is 3.10. The Kier molecular flexibility index (Phi) is 4.91. The highest BCUT2D eigenvalue weighted by atomic mass is 32.2. The maximum absolute atomic E-state index is 12.3. The molecule has 0 saturated heterocycles. The molecule has 27 heavy (non-hydrogen) atoms. The van der Waals surface area contributed by atoms with Crippen LogP contribution in [0.15, 0.2) is 51.6 Å². The summed E-state index contributed by atoms with van der Waals surface area (Å²) in [5.74, 6) is 1.16. The first-order chi connectivity index (χ1) is 13.1. The SMILES string of the molecule is Cc1ccc(Nc2nnc(SCc3nc4c(C)cccc4c(=O)[nH]3)s2)cc1. The molecule has 0 aliphatic rings. The Hall–Kier alpha value is -2.71. The highest BCUT2D eigenvalue weighted by molar-refractivity contribution is 8.00. The molecule has 0 amide bonds. The van der Waals surface area contributed by atoms with Crippen molar-refractivity contribution in [2.75, 3.05) is 5.32 Å². The second-order valence-electron chi connectivity index (χ2n) is 6.14. The monoisotopic (exact) mass is 395 g/mol. The average molecular weight is 396 g/mol. The topological polar surface area (TPSA) is 83.6 Å². The van der Waals surface area contributed by atoms with E-state index in [2.05, 4.69) is 32.4 Å².